The van der Waals surface area contributed by atoms with Gasteiger partial charge in [0.05, 0.1) is 22.7 Å². The molecule has 1 atom stereocenters. The van der Waals surface area contributed by atoms with Gasteiger partial charge in [-0.15, -0.1) is 0 Å². The van der Waals surface area contributed by atoms with Crippen molar-refractivity contribution >= 4 is 16.9 Å². The number of nitrogens with zero attached hydrogens (tertiary/aromatic N) is 3. The Kier molecular flexibility index (Phi) is 4.11. The first-order chi connectivity index (χ1) is 10.6. The van der Waals surface area contributed by atoms with E-state index >= 15 is 0 Å². The summed E-state index contributed by atoms with van der Waals surface area (Å²) in [6.07, 6.45) is 2.22. The summed E-state index contributed by atoms with van der Waals surface area (Å²) in [6.45, 7) is 7.93. The van der Waals surface area contributed by atoms with Crippen molar-refractivity contribution in [1.82, 2.24) is 20.1 Å². The third-order valence-electron chi connectivity index (χ3n) is 4.06. The van der Waals surface area contributed by atoms with Crippen LogP contribution in [0.2, 0.25) is 0 Å². The van der Waals surface area contributed by atoms with Crippen LogP contribution in [0.4, 0.5) is 0 Å². The second-order valence-electron chi connectivity index (χ2n) is 5.76. The minimum atomic E-state index is -0.0789. The summed E-state index contributed by atoms with van der Waals surface area (Å²) in [5.74, 6) is -0.0789. The Morgan fingerprint density at radius 1 is 1.50 bits per heavy atom. The van der Waals surface area contributed by atoms with Crippen molar-refractivity contribution in [3.05, 3.63) is 23.0 Å². The number of rotatable bonds is 4. The molecule has 118 valence electrons. The van der Waals surface area contributed by atoms with Gasteiger partial charge in [0, 0.05) is 25.4 Å². The van der Waals surface area contributed by atoms with Crippen LogP contribution >= 0.6 is 0 Å². The predicted octanol–water partition coefficient (Wildman–Crippen LogP) is 1.98. The third kappa shape index (κ3) is 2.70. The van der Waals surface area contributed by atoms with Crippen LogP contribution < -0.4 is 5.32 Å². The largest absolute Gasteiger partial charge is 0.376 e. The number of carbonyl (C=O) groups excluding carboxylic acids is 1. The topological polar surface area (TPSA) is 69.0 Å². The molecule has 0 radical (unpaired) electrons. The first kappa shape index (κ1) is 15.0. The molecule has 0 spiro atoms. The highest BCUT2D eigenvalue weighted by molar-refractivity contribution is 6.06. The monoisotopic (exact) mass is 302 g/mol. The molecule has 2 aromatic rings. The van der Waals surface area contributed by atoms with Gasteiger partial charge in [0.25, 0.3) is 5.91 Å². The van der Waals surface area contributed by atoms with Crippen LogP contribution in [0.25, 0.3) is 11.0 Å². The molecule has 3 heterocycles. The molecule has 0 aliphatic carbocycles. The molecule has 0 aromatic carbocycles. The smallest absolute Gasteiger partial charge is 0.252 e. The average Bonchev–Trinajstić information content (AvgIpc) is 3.12. The van der Waals surface area contributed by atoms with E-state index in [0.29, 0.717) is 12.1 Å². The van der Waals surface area contributed by atoms with Crippen molar-refractivity contribution in [1.29, 1.82) is 0 Å². The maximum Gasteiger partial charge on any atom is 0.252 e. The van der Waals surface area contributed by atoms with Crippen LogP contribution in [0, 0.1) is 13.8 Å². The maximum absolute atomic E-state index is 12.6. The van der Waals surface area contributed by atoms with E-state index in [9.17, 15) is 4.79 Å². The predicted molar refractivity (Wildman–Crippen MR) is 84.0 cm³/mol. The number of aromatic nitrogens is 3. The summed E-state index contributed by atoms with van der Waals surface area (Å²) < 4.78 is 7.39. The molecular weight excluding hydrogens is 280 g/mol. The van der Waals surface area contributed by atoms with Gasteiger partial charge in [-0.1, -0.05) is 0 Å². The van der Waals surface area contributed by atoms with Crippen molar-refractivity contribution in [2.75, 3.05) is 13.2 Å². The first-order valence-electron chi connectivity index (χ1n) is 7.84. The van der Waals surface area contributed by atoms with Crippen molar-refractivity contribution in [3.8, 4) is 0 Å². The van der Waals surface area contributed by atoms with Gasteiger partial charge in [-0.25, -0.2) is 9.67 Å². The zero-order valence-corrected chi connectivity index (χ0v) is 13.3. The lowest BCUT2D eigenvalue weighted by molar-refractivity contribution is 0.0859. The summed E-state index contributed by atoms with van der Waals surface area (Å²) >= 11 is 0. The van der Waals surface area contributed by atoms with Gasteiger partial charge < -0.3 is 10.1 Å². The molecular formula is C16H22N4O2. The number of aryl methyl sites for hydroxylation is 3. The quantitative estimate of drug-likeness (QED) is 0.937. The highest BCUT2D eigenvalue weighted by Crippen LogP contribution is 2.22. The van der Waals surface area contributed by atoms with Gasteiger partial charge in [0.1, 0.15) is 0 Å². The number of hydrogen-bond donors (Lipinski definition) is 1. The molecule has 1 saturated heterocycles. The Morgan fingerprint density at radius 3 is 3.00 bits per heavy atom. The molecule has 0 unspecified atom stereocenters. The van der Waals surface area contributed by atoms with Crippen LogP contribution in [0.5, 0.6) is 0 Å². The molecule has 6 nitrogen and oxygen atoms in total. The number of pyridine rings is 1. The van der Waals surface area contributed by atoms with Crippen LogP contribution in [-0.2, 0) is 11.3 Å². The zero-order chi connectivity index (χ0) is 15.7. The van der Waals surface area contributed by atoms with Gasteiger partial charge in [-0.05, 0) is 39.7 Å². The Hall–Kier alpha value is -1.95. The highest BCUT2D eigenvalue weighted by Gasteiger charge is 2.20. The second kappa shape index (κ2) is 6.04. The van der Waals surface area contributed by atoms with Gasteiger partial charge in [-0.2, -0.15) is 5.10 Å². The number of carbonyl (C=O) groups is 1. The average molecular weight is 302 g/mol. The van der Waals surface area contributed by atoms with E-state index in [-0.39, 0.29) is 12.0 Å². The molecule has 1 aliphatic rings. The molecule has 3 rings (SSSR count). The van der Waals surface area contributed by atoms with E-state index in [1.54, 1.807) is 0 Å². The summed E-state index contributed by atoms with van der Waals surface area (Å²) in [6, 6.07) is 1.84. The lowest BCUT2D eigenvalue weighted by Crippen LogP contribution is -2.32. The summed E-state index contributed by atoms with van der Waals surface area (Å²) in [4.78, 5) is 17.1. The van der Waals surface area contributed by atoms with Crippen LogP contribution in [0.3, 0.4) is 0 Å². The number of ether oxygens (including phenoxy) is 1. The molecule has 1 fully saturated rings. The fourth-order valence-corrected chi connectivity index (χ4v) is 2.99. The molecule has 0 bridgehead atoms. The Balaban J connectivity index is 1.91. The van der Waals surface area contributed by atoms with E-state index in [1.807, 2.05) is 31.5 Å². The number of hydrogen-bond acceptors (Lipinski definition) is 4. The summed E-state index contributed by atoms with van der Waals surface area (Å²) in [7, 11) is 0. The molecule has 6 heteroatoms. The third-order valence-corrected chi connectivity index (χ3v) is 4.06. The molecule has 0 saturated carbocycles. The van der Waals surface area contributed by atoms with Crippen molar-refractivity contribution < 1.29 is 9.53 Å². The molecule has 1 amide bonds. The summed E-state index contributed by atoms with van der Waals surface area (Å²) in [5.41, 5.74) is 3.09. The van der Waals surface area contributed by atoms with Crippen molar-refractivity contribution in [3.63, 3.8) is 0 Å². The Labute approximate surface area is 129 Å². The van der Waals surface area contributed by atoms with Gasteiger partial charge >= 0.3 is 0 Å². The van der Waals surface area contributed by atoms with E-state index < -0.39 is 0 Å². The Bertz CT molecular complexity index is 702. The van der Waals surface area contributed by atoms with E-state index in [0.717, 1.165) is 48.4 Å². The number of nitrogens with one attached hydrogen (secondary N) is 1. The van der Waals surface area contributed by atoms with Crippen LogP contribution in [0.15, 0.2) is 6.07 Å². The van der Waals surface area contributed by atoms with E-state index in [4.69, 9.17) is 4.74 Å². The first-order valence-corrected chi connectivity index (χ1v) is 7.84. The lowest BCUT2D eigenvalue weighted by atomic mass is 10.1. The molecule has 1 aliphatic heterocycles. The standard InChI is InChI=1S/C16H22N4O2/c1-4-20-15-14(11(3)19-20)13(8-10(2)18-15)16(21)17-9-12-6-5-7-22-12/h8,12H,4-7,9H2,1-3H3,(H,17,21)/t12-/m0/s1. The number of amides is 1. The van der Waals surface area contributed by atoms with Crippen molar-refractivity contribution in [2.45, 2.75) is 46.3 Å². The summed E-state index contributed by atoms with van der Waals surface area (Å²) in [5, 5.41) is 8.31. The van der Waals surface area contributed by atoms with E-state index in [1.165, 1.54) is 0 Å². The van der Waals surface area contributed by atoms with E-state index in [2.05, 4.69) is 15.4 Å². The van der Waals surface area contributed by atoms with Gasteiger partial charge in [0.15, 0.2) is 5.65 Å². The highest BCUT2D eigenvalue weighted by atomic mass is 16.5. The lowest BCUT2D eigenvalue weighted by Gasteiger charge is -2.12. The Morgan fingerprint density at radius 2 is 2.32 bits per heavy atom. The maximum atomic E-state index is 12.6. The SMILES string of the molecule is CCn1nc(C)c2c(C(=O)NC[C@@H]3CCCO3)cc(C)nc21. The fourth-order valence-electron chi connectivity index (χ4n) is 2.99. The number of fused-ring (bicyclic) bond motifs is 1. The fraction of sp³-hybridized carbons (Fsp3) is 0.562. The zero-order valence-electron chi connectivity index (χ0n) is 13.3. The second-order valence-corrected chi connectivity index (χ2v) is 5.76. The van der Waals surface area contributed by atoms with Gasteiger partial charge in [-0.3, -0.25) is 4.79 Å². The normalized spacial score (nSPS) is 18.0. The minimum Gasteiger partial charge on any atom is -0.376 e. The van der Waals surface area contributed by atoms with Crippen LogP contribution in [-0.4, -0.2) is 39.9 Å². The molecule has 22 heavy (non-hydrogen) atoms. The van der Waals surface area contributed by atoms with Crippen LogP contribution in [0.1, 0.15) is 41.5 Å². The van der Waals surface area contributed by atoms with Gasteiger partial charge in [0.2, 0.25) is 0 Å². The molecule has 1 N–H and O–H groups in total. The van der Waals surface area contributed by atoms with Crippen molar-refractivity contribution in [2.24, 2.45) is 0 Å². The molecule has 2 aromatic heterocycles. The minimum absolute atomic E-state index is 0.0789.